The minimum Gasteiger partial charge on any atom is -0.352 e. The molecule has 0 aromatic heterocycles. The van der Waals surface area contributed by atoms with Crippen molar-refractivity contribution in [2.24, 2.45) is 0 Å². The molecule has 2 atom stereocenters. The number of sulfonamides is 1. The Morgan fingerprint density at radius 2 is 1.51 bits per heavy atom. The van der Waals surface area contributed by atoms with E-state index in [9.17, 15) is 18.0 Å². The number of carbonyl (C=O) groups is 2. The number of nitrogens with zero attached hydrogens (tertiary/aromatic N) is 2. The topological polar surface area (TPSA) is 86.8 Å². The van der Waals surface area contributed by atoms with Crippen LogP contribution < -0.4 is 9.62 Å². The van der Waals surface area contributed by atoms with Crippen molar-refractivity contribution < 1.29 is 18.0 Å². The maximum atomic E-state index is 14.0. The van der Waals surface area contributed by atoms with Crippen LogP contribution in [0.25, 0.3) is 0 Å². The Bertz CT molecular complexity index is 1390. The molecule has 3 aromatic carbocycles. The van der Waals surface area contributed by atoms with E-state index in [0.717, 1.165) is 7.88 Å². The van der Waals surface area contributed by atoms with Crippen molar-refractivity contribution in [1.82, 2.24) is 10.2 Å². The smallest absolute Gasteiger partial charge is 0.264 e. The van der Waals surface area contributed by atoms with Crippen LogP contribution in [0.5, 0.6) is 0 Å². The molecular weight excluding hydrogens is 672 g/mol. The number of hydrogen-bond acceptors (Lipinski definition) is 4. The van der Waals surface area contributed by atoms with Crippen molar-refractivity contribution >= 4 is 73.3 Å². The summed E-state index contributed by atoms with van der Waals surface area (Å²) < 4.78 is 29.5. The number of amides is 2. The highest BCUT2D eigenvalue weighted by atomic mass is 127. The molecule has 0 aliphatic rings. The summed E-state index contributed by atoms with van der Waals surface area (Å²) in [6, 6.07) is 18.6. The summed E-state index contributed by atoms with van der Waals surface area (Å²) >= 11 is 14.9. The van der Waals surface area contributed by atoms with Gasteiger partial charge in [0.05, 0.1) is 10.6 Å². The maximum absolute atomic E-state index is 14.0. The maximum Gasteiger partial charge on any atom is 0.264 e. The van der Waals surface area contributed by atoms with Crippen LogP contribution >= 0.6 is 45.8 Å². The van der Waals surface area contributed by atoms with Gasteiger partial charge in [0.15, 0.2) is 0 Å². The molecule has 11 heteroatoms. The molecule has 0 heterocycles. The molecule has 0 aliphatic heterocycles. The predicted molar refractivity (Wildman–Crippen MR) is 165 cm³/mol. The Hall–Kier alpha value is -2.34. The number of halogens is 3. The summed E-state index contributed by atoms with van der Waals surface area (Å²) in [6.07, 6.45) is 0.707. The van der Waals surface area contributed by atoms with Gasteiger partial charge in [0, 0.05) is 31.8 Å². The van der Waals surface area contributed by atoms with Crippen molar-refractivity contribution in [3.05, 3.63) is 92.0 Å². The third-order valence-corrected chi connectivity index (χ3v) is 9.50. The van der Waals surface area contributed by atoms with E-state index in [1.807, 2.05) is 13.8 Å². The number of benzene rings is 3. The van der Waals surface area contributed by atoms with E-state index >= 15 is 0 Å². The van der Waals surface area contributed by atoms with Crippen molar-refractivity contribution in [1.29, 1.82) is 0 Å². The van der Waals surface area contributed by atoms with Gasteiger partial charge >= 0.3 is 0 Å². The first-order valence-corrected chi connectivity index (χ1v) is 15.6. The quantitative estimate of drug-likeness (QED) is 0.244. The summed E-state index contributed by atoms with van der Waals surface area (Å²) in [5.41, 5.74) is 0.782. The van der Waals surface area contributed by atoms with Gasteiger partial charge in [0.1, 0.15) is 12.6 Å². The van der Waals surface area contributed by atoms with Crippen molar-refractivity contribution in [2.45, 2.75) is 50.7 Å². The predicted octanol–water partition coefficient (Wildman–Crippen LogP) is 6.13. The number of hydrogen-bond donors (Lipinski definition) is 1. The minimum absolute atomic E-state index is 0.0413. The Balaban J connectivity index is 2.05. The Kier molecular flexibility index (Phi) is 11.1. The summed E-state index contributed by atoms with van der Waals surface area (Å²) in [5.74, 6) is -0.955. The van der Waals surface area contributed by atoms with Gasteiger partial charge in [-0.2, -0.15) is 0 Å². The van der Waals surface area contributed by atoms with E-state index in [-0.39, 0.29) is 23.4 Å². The van der Waals surface area contributed by atoms with Crippen LogP contribution in [0.15, 0.2) is 77.7 Å². The Labute approximate surface area is 253 Å². The lowest BCUT2D eigenvalue weighted by Crippen LogP contribution is -2.52. The third-order valence-electron chi connectivity index (χ3n) is 6.28. The van der Waals surface area contributed by atoms with Gasteiger partial charge in [0.25, 0.3) is 10.0 Å². The zero-order chi connectivity index (χ0) is 28.7. The Morgan fingerprint density at radius 1 is 0.923 bits per heavy atom. The van der Waals surface area contributed by atoms with Crippen LogP contribution in [0.4, 0.5) is 5.69 Å². The molecule has 0 unspecified atom stereocenters. The molecule has 2 amide bonds. The Morgan fingerprint density at radius 3 is 2.08 bits per heavy atom. The molecule has 0 saturated heterocycles. The summed E-state index contributed by atoms with van der Waals surface area (Å²) in [6.45, 7) is 4.78. The molecule has 0 bridgehead atoms. The van der Waals surface area contributed by atoms with Crippen molar-refractivity contribution in [2.75, 3.05) is 10.8 Å². The van der Waals surface area contributed by atoms with E-state index in [1.54, 1.807) is 67.6 Å². The van der Waals surface area contributed by atoms with Gasteiger partial charge in [-0.05, 0) is 91.4 Å². The average Bonchev–Trinajstić information content (AvgIpc) is 2.92. The first-order valence-electron chi connectivity index (χ1n) is 12.3. The van der Waals surface area contributed by atoms with E-state index in [0.29, 0.717) is 27.7 Å². The van der Waals surface area contributed by atoms with Crippen LogP contribution in [0.1, 0.15) is 32.8 Å². The minimum atomic E-state index is -4.12. The first-order chi connectivity index (χ1) is 18.4. The lowest BCUT2D eigenvalue weighted by molar-refractivity contribution is -0.139. The fourth-order valence-electron chi connectivity index (χ4n) is 3.76. The molecule has 0 radical (unpaired) electrons. The second kappa shape index (κ2) is 13.8. The highest BCUT2D eigenvalue weighted by Crippen LogP contribution is 2.28. The summed E-state index contributed by atoms with van der Waals surface area (Å²) in [4.78, 5) is 28.4. The molecule has 3 aromatic rings. The molecule has 0 saturated carbocycles. The monoisotopic (exact) mass is 701 g/mol. The molecule has 3 rings (SSSR count). The van der Waals surface area contributed by atoms with Crippen LogP contribution in [-0.2, 0) is 26.2 Å². The van der Waals surface area contributed by atoms with E-state index < -0.39 is 28.5 Å². The number of rotatable bonds is 11. The molecule has 0 spiro atoms. The van der Waals surface area contributed by atoms with Crippen molar-refractivity contribution in [3.8, 4) is 0 Å². The zero-order valence-electron chi connectivity index (χ0n) is 21.8. The molecular formula is C28H30Cl2IN3O4S. The van der Waals surface area contributed by atoms with E-state index in [4.69, 9.17) is 23.2 Å². The van der Waals surface area contributed by atoms with Gasteiger partial charge in [0.2, 0.25) is 11.8 Å². The van der Waals surface area contributed by atoms with E-state index in [2.05, 4.69) is 27.9 Å². The molecule has 0 aliphatic carbocycles. The molecule has 1 N–H and O–H groups in total. The van der Waals surface area contributed by atoms with Gasteiger partial charge < -0.3 is 10.2 Å². The second-order valence-electron chi connectivity index (χ2n) is 9.02. The SMILES string of the molecule is CC[C@H](C)NC(=O)[C@@H](C)N(Cc1c(Cl)cccc1Cl)C(=O)CN(c1ccc(I)cc1)S(=O)(=O)c1ccccc1. The fraction of sp³-hybridized carbons (Fsp3) is 0.286. The largest absolute Gasteiger partial charge is 0.352 e. The van der Waals surface area contributed by atoms with Crippen LogP contribution in [-0.4, -0.2) is 43.8 Å². The van der Waals surface area contributed by atoms with Gasteiger partial charge in [-0.15, -0.1) is 0 Å². The fourth-order valence-corrected chi connectivity index (χ4v) is 6.07. The van der Waals surface area contributed by atoms with Gasteiger partial charge in [-0.1, -0.05) is 54.4 Å². The number of carbonyl (C=O) groups excluding carboxylic acids is 2. The molecule has 7 nitrogen and oxygen atoms in total. The highest BCUT2D eigenvalue weighted by Gasteiger charge is 2.33. The van der Waals surface area contributed by atoms with Crippen LogP contribution in [0.3, 0.4) is 0 Å². The lowest BCUT2D eigenvalue weighted by atomic mass is 10.1. The summed E-state index contributed by atoms with van der Waals surface area (Å²) in [5, 5.41) is 3.56. The van der Waals surface area contributed by atoms with Gasteiger partial charge in [-0.3, -0.25) is 13.9 Å². The van der Waals surface area contributed by atoms with E-state index in [1.165, 1.54) is 17.0 Å². The molecule has 208 valence electrons. The number of nitrogens with one attached hydrogen (secondary N) is 1. The normalized spacial score (nSPS) is 12.9. The average molecular weight is 702 g/mol. The summed E-state index contributed by atoms with van der Waals surface area (Å²) in [7, 11) is -4.12. The molecule has 39 heavy (non-hydrogen) atoms. The van der Waals surface area contributed by atoms with Crippen LogP contribution in [0, 0.1) is 3.57 Å². The number of anilines is 1. The highest BCUT2D eigenvalue weighted by molar-refractivity contribution is 14.1. The van der Waals surface area contributed by atoms with Crippen LogP contribution in [0.2, 0.25) is 10.0 Å². The third kappa shape index (κ3) is 7.87. The standard InChI is InChI=1S/C28H30Cl2IN3O4S/c1-4-19(2)32-28(36)20(3)33(17-24-25(29)11-8-12-26(24)30)27(35)18-34(22-15-13-21(31)14-16-22)39(37,38)23-9-6-5-7-10-23/h5-16,19-20H,4,17-18H2,1-3H3,(H,32,36)/t19-,20+/m0/s1. The zero-order valence-corrected chi connectivity index (χ0v) is 26.3. The molecule has 0 fully saturated rings. The second-order valence-corrected chi connectivity index (χ2v) is 12.9. The lowest BCUT2D eigenvalue weighted by Gasteiger charge is -2.32. The van der Waals surface area contributed by atoms with Crippen molar-refractivity contribution in [3.63, 3.8) is 0 Å². The first kappa shape index (κ1) is 31.2. The van der Waals surface area contributed by atoms with Gasteiger partial charge in [-0.25, -0.2) is 8.42 Å².